The van der Waals surface area contributed by atoms with Gasteiger partial charge in [-0.2, -0.15) is 0 Å². The van der Waals surface area contributed by atoms with E-state index in [1.165, 1.54) is 5.56 Å². The molecular formula is C16H21ClN2O. The average molecular weight is 293 g/mol. The second-order valence-corrected chi connectivity index (χ2v) is 6.44. The van der Waals surface area contributed by atoms with Crippen molar-refractivity contribution >= 4 is 17.5 Å². The number of amides is 1. The summed E-state index contributed by atoms with van der Waals surface area (Å²) in [7, 11) is 0. The molecule has 1 saturated carbocycles. The first-order valence-electron chi connectivity index (χ1n) is 7.43. The standard InChI is InChI=1S/C16H21ClN2O/c17-13-3-1-2-12(8-13)14-9-15(14)16(20)19-6-4-11(10-18)5-7-19/h1-3,8,11,14-15H,4-7,9-10,18H2. The minimum Gasteiger partial charge on any atom is -0.342 e. The molecule has 1 aliphatic carbocycles. The summed E-state index contributed by atoms with van der Waals surface area (Å²) in [4.78, 5) is 14.5. The van der Waals surface area contributed by atoms with Gasteiger partial charge in [0.05, 0.1) is 0 Å². The van der Waals surface area contributed by atoms with Crippen LogP contribution < -0.4 is 5.73 Å². The highest BCUT2D eigenvalue weighted by atomic mass is 35.5. The molecule has 2 N–H and O–H groups in total. The monoisotopic (exact) mass is 292 g/mol. The predicted octanol–water partition coefficient (Wildman–Crippen LogP) is 2.64. The van der Waals surface area contributed by atoms with Gasteiger partial charge in [0.2, 0.25) is 5.91 Å². The average Bonchev–Trinajstić information content (AvgIpc) is 3.27. The number of rotatable bonds is 3. The Morgan fingerprint density at radius 1 is 1.35 bits per heavy atom. The highest BCUT2D eigenvalue weighted by molar-refractivity contribution is 6.30. The normalized spacial score (nSPS) is 26.6. The van der Waals surface area contributed by atoms with Crippen LogP contribution in [0.3, 0.4) is 0 Å². The number of carbonyl (C=O) groups is 1. The van der Waals surface area contributed by atoms with Crippen LogP contribution in [0.1, 0.15) is 30.7 Å². The maximum Gasteiger partial charge on any atom is 0.226 e. The molecule has 1 heterocycles. The van der Waals surface area contributed by atoms with Crippen LogP contribution in [0, 0.1) is 11.8 Å². The van der Waals surface area contributed by atoms with Crippen molar-refractivity contribution in [3.05, 3.63) is 34.9 Å². The first-order valence-corrected chi connectivity index (χ1v) is 7.81. The van der Waals surface area contributed by atoms with Crippen LogP contribution in [0.4, 0.5) is 0 Å². The van der Waals surface area contributed by atoms with Crippen molar-refractivity contribution in [3.63, 3.8) is 0 Å². The van der Waals surface area contributed by atoms with Crippen molar-refractivity contribution in [3.8, 4) is 0 Å². The summed E-state index contributed by atoms with van der Waals surface area (Å²) >= 11 is 6.02. The second-order valence-electron chi connectivity index (χ2n) is 6.01. The highest BCUT2D eigenvalue weighted by Gasteiger charge is 2.46. The number of nitrogens with zero attached hydrogens (tertiary/aromatic N) is 1. The van der Waals surface area contributed by atoms with Crippen LogP contribution in [-0.2, 0) is 4.79 Å². The van der Waals surface area contributed by atoms with Gasteiger partial charge in [0.25, 0.3) is 0 Å². The Morgan fingerprint density at radius 2 is 2.10 bits per heavy atom. The lowest BCUT2D eigenvalue weighted by Crippen LogP contribution is -2.41. The molecule has 20 heavy (non-hydrogen) atoms. The number of hydrogen-bond acceptors (Lipinski definition) is 2. The largest absolute Gasteiger partial charge is 0.342 e. The Labute approximate surface area is 125 Å². The lowest BCUT2D eigenvalue weighted by molar-refractivity contribution is -0.134. The molecule has 0 bridgehead atoms. The summed E-state index contributed by atoms with van der Waals surface area (Å²) in [5, 5.41) is 0.754. The van der Waals surface area contributed by atoms with Crippen LogP contribution in [0.5, 0.6) is 0 Å². The Bertz CT molecular complexity index is 497. The molecule has 3 rings (SSSR count). The Morgan fingerprint density at radius 3 is 2.75 bits per heavy atom. The van der Waals surface area contributed by atoms with Crippen LogP contribution in [0.25, 0.3) is 0 Å². The van der Waals surface area contributed by atoms with Gasteiger partial charge in [0.1, 0.15) is 0 Å². The number of benzene rings is 1. The van der Waals surface area contributed by atoms with Crippen molar-refractivity contribution in [2.75, 3.05) is 19.6 Å². The number of nitrogens with two attached hydrogens (primary N) is 1. The van der Waals surface area contributed by atoms with Gasteiger partial charge >= 0.3 is 0 Å². The molecule has 2 unspecified atom stereocenters. The fraction of sp³-hybridized carbons (Fsp3) is 0.562. The fourth-order valence-electron chi connectivity index (χ4n) is 3.20. The quantitative estimate of drug-likeness (QED) is 0.931. The molecular weight excluding hydrogens is 272 g/mol. The van der Waals surface area contributed by atoms with Crippen LogP contribution in [0.15, 0.2) is 24.3 Å². The molecule has 2 aliphatic rings. The van der Waals surface area contributed by atoms with Crippen molar-refractivity contribution in [1.82, 2.24) is 4.90 Å². The van der Waals surface area contributed by atoms with E-state index < -0.39 is 0 Å². The third kappa shape index (κ3) is 2.84. The fourth-order valence-corrected chi connectivity index (χ4v) is 3.40. The van der Waals surface area contributed by atoms with E-state index in [-0.39, 0.29) is 5.92 Å². The Balaban J connectivity index is 1.58. The molecule has 3 nitrogen and oxygen atoms in total. The summed E-state index contributed by atoms with van der Waals surface area (Å²) in [6.45, 7) is 2.50. The molecule has 1 aromatic carbocycles. The van der Waals surface area contributed by atoms with Crippen molar-refractivity contribution in [1.29, 1.82) is 0 Å². The van der Waals surface area contributed by atoms with Gasteiger partial charge < -0.3 is 10.6 Å². The van der Waals surface area contributed by atoms with Crippen LogP contribution >= 0.6 is 11.6 Å². The molecule has 0 radical (unpaired) electrons. The first-order chi connectivity index (χ1) is 9.69. The van der Waals surface area contributed by atoms with Gasteiger partial charge in [-0.1, -0.05) is 23.7 Å². The third-order valence-corrected chi connectivity index (χ3v) is 4.88. The van der Waals surface area contributed by atoms with Gasteiger partial charge in [0.15, 0.2) is 0 Å². The maximum absolute atomic E-state index is 12.5. The zero-order valence-electron chi connectivity index (χ0n) is 11.6. The van der Waals surface area contributed by atoms with Gasteiger partial charge in [-0.05, 0) is 55.3 Å². The molecule has 0 aromatic heterocycles. The number of hydrogen-bond donors (Lipinski definition) is 1. The topological polar surface area (TPSA) is 46.3 Å². The van der Waals surface area contributed by atoms with Gasteiger partial charge in [-0.3, -0.25) is 4.79 Å². The number of carbonyl (C=O) groups excluding carboxylic acids is 1. The van der Waals surface area contributed by atoms with Gasteiger partial charge in [-0.15, -0.1) is 0 Å². The minimum atomic E-state index is 0.169. The lowest BCUT2D eigenvalue weighted by atomic mass is 9.96. The number of likely N-dealkylation sites (tertiary alicyclic amines) is 1. The van der Waals surface area contributed by atoms with Crippen molar-refractivity contribution < 1.29 is 4.79 Å². The number of halogens is 1. The minimum absolute atomic E-state index is 0.169. The molecule has 2 fully saturated rings. The summed E-state index contributed by atoms with van der Waals surface area (Å²) in [6.07, 6.45) is 3.07. The molecule has 1 aliphatic heterocycles. The summed E-state index contributed by atoms with van der Waals surface area (Å²) < 4.78 is 0. The third-order valence-electron chi connectivity index (χ3n) is 4.64. The van der Waals surface area contributed by atoms with E-state index in [9.17, 15) is 4.79 Å². The van der Waals surface area contributed by atoms with E-state index in [1.807, 2.05) is 23.1 Å². The van der Waals surface area contributed by atoms with Gasteiger partial charge in [-0.25, -0.2) is 0 Å². The SMILES string of the molecule is NCC1CCN(C(=O)C2CC2c2cccc(Cl)c2)CC1. The summed E-state index contributed by atoms with van der Waals surface area (Å²) in [5.74, 6) is 1.46. The van der Waals surface area contributed by atoms with Gasteiger partial charge in [0, 0.05) is 24.0 Å². The summed E-state index contributed by atoms with van der Waals surface area (Å²) in [5.41, 5.74) is 6.89. The molecule has 0 spiro atoms. The summed E-state index contributed by atoms with van der Waals surface area (Å²) in [6, 6.07) is 7.90. The van der Waals surface area contributed by atoms with Crippen molar-refractivity contribution in [2.45, 2.75) is 25.2 Å². The first kappa shape index (κ1) is 13.9. The maximum atomic E-state index is 12.5. The smallest absolute Gasteiger partial charge is 0.226 e. The zero-order valence-corrected chi connectivity index (χ0v) is 12.4. The lowest BCUT2D eigenvalue weighted by Gasteiger charge is -2.31. The van der Waals surface area contributed by atoms with E-state index in [0.29, 0.717) is 17.7 Å². The van der Waals surface area contributed by atoms with Crippen molar-refractivity contribution in [2.24, 2.45) is 17.6 Å². The highest BCUT2D eigenvalue weighted by Crippen LogP contribution is 2.49. The Hall–Kier alpha value is -1.06. The zero-order chi connectivity index (χ0) is 14.1. The van der Waals surface area contributed by atoms with E-state index in [0.717, 1.165) is 43.9 Å². The van der Waals surface area contributed by atoms with E-state index in [4.69, 9.17) is 17.3 Å². The van der Waals surface area contributed by atoms with E-state index in [2.05, 4.69) is 6.07 Å². The predicted molar refractivity (Wildman–Crippen MR) is 80.7 cm³/mol. The molecule has 108 valence electrons. The molecule has 1 aromatic rings. The van der Waals surface area contributed by atoms with Crippen LogP contribution in [-0.4, -0.2) is 30.4 Å². The molecule has 1 amide bonds. The van der Waals surface area contributed by atoms with E-state index >= 15 is 0 Å². The van der Waals surface area contributed by atoms with Crippen LogP contribution in [0.2, 0.25) is 5.02 Å². The molecule has 1 saturated heterocycles. The number of piperidine rings is 1. The van der Waals surface area contributed by atoms with E-state index in [1.54, 1.807) is 0 Å². The Kier molecular flexibility index (Phi) is 3.99. The molecule has 4 heteroatoms. The molecule has 2 atom stereocenters. The second kappa shape index (κ2) is 5.74.